The summed E-state index contributed by atoms with van der Waals surface area (Å²) in [5, 5.41) is 4.22. The van der Waals surface area contributed by atoms with Crippen LogP contribution in [0.4, 0.5) is 0 Å². The van der Waals surface area contributed by atoms with Crippen LogP contribution in [-0.4, -0.2) is 28.3 Å². The molecule has 0 bridgehead atoms. The molecule has 18 heavy (non-hydrogen) atoms. The molecule has 4 heteroatoms. The average Bonchev–Trinajstić information content (AvgIpc) is 3.10. The van der Waals surface area contributed by atoms with Gasteiger partial charge in [0.1, 0.15) is 6.10 Å². The molecule has 1 aromatic carbocycles. The number of ether oxygens (including phenoxy) is 1. The highest BCUT2D eigenvalue weighted by Gasteiger charge is 2.25. The van der Waals surface area contributed by atoms with E-state index in [1.165, 1.54) is 0 Å². The van der Waals surface area contributed by atoms with Gasteiger partial charge in [-0.15, -0.1) is 0 Å². The van der Waals surface area contributed by atoms with Crippen LogP contribution in [0.1, 0.15) is 23.2 Å². The number of aromatic nitrogens is 2. The third-order valence-electron chi connectivity index (χ3n) is 3.11. The van der Waals surface area contributed by atoms with E-state index in [0.29, 0.717) is 12.2 Å². The Kier molecular flexibility index (Phi) is 2.94. The number of nitrogens with zero attached hydrogens (tertiary/aromatic N) is 2. The lowest BCUT2D eigenvalue weighted by Gasteiger charge is -2.05. The van der Waals surface area contributed by atoms with Gasteiger partial charge in [-0.05, 0) is 25.0 Å². The minimum Gasteiger partial charge on any atom is -0.370 e. The van der Waals surface area contributed by atoms with Crippen molar-refractivity contribution in [2.75, 3.05) is 6.61 Å². The Bertz CT molecular complexity index is 542. The third kappa shape index (κ3) is 2.07. The van der Waals surface area contributed by atoms with Gasteiger partial charge >= 0.3 is 0 Å². The highest BCUT2D eigenvalue weighted by atomic mass is 16.5. The van der Waals surface area contributed by atoms with Crippen LogP contribution >= 0.6 is 0 Å². The molecule has 1 saturated heterocycles. The molecule has 0 radical (unpaired) electrons. The minimum atomic E-state index is -0.279. The van der Waals surface area contributed by atoms with Gasteiger partial charge in [-0.3, -0.25) is 4.79 Å². The summed E-state index contributed by atoms with van der Waals surface area (Å²) in [4.78, 5) is 12.1. The quantitative estimate of drug-likeness (QED) is 0.775. The van der Waals surface area contributed by atoms with E-state index >= 15 is 0 Å². The van der Waals surface area contributed by atoms with Crippen LogP contribution in [-0.2, 0) is 4.74 Å². The summed E-state index contributed by atoms with van der Waals surface area (Å²) in [5.41, 5.74) is 1.56. The highest BCUT2D eigenvalue weighted by molar-refractivity contribution is 5.99. The van der Waals surface area contributed by atoms with Crippen LogP contribution in [0.25, 0.3) is 5.69 Å². The van der Waals surface area contributed by atoms with Crippen LogP contribution in [0.3, 0.4) is 0 Å². The van der Waals surface area contributed by atoms with Crippen molar-refractivity contribution in [2.24, 2.45) is 0 Å². The van der Waals surface area contributed by atoms with E-state index in [1.54, 1.807) is 17.1 Å². The normalized spacial score (nSPS) is 19.0. The largest absolute Gasteiger partial charge is 0.370 e. The van der Waals surface area contributed by atoms with Gasteiger partial charge in [-0.25, -0.2) is 4.68 Å². The summed E-state index contributed by atoms with van der Waals surface area (Å²) in [7, 11) is 0. The van der Waals surface area contributed by atoms with Gasteiger partial charge in [0.05, 0.1) is 17.4 Å². The molecule has 0 spiro atoms. The maximum absolute atomic E-state index is 12.1. The Balaban J connectivity index is 1.83. The Labute approximate surface area is 105 Å². The van der Waals surface area contributed by atoms with Gasteiger partial charge in [0.2, 0.25) is 0 Å². The molecule has 1 aromatic heterocycles. The first-order valence-electron chi connectivity index (χ1n) is 6.10. The summed E-state index contributed by atoms with van der Waals surface area (Å²) in [6.45, 7) is 0.684. The molecule has 0 amide bonds. The fourth-order valence-corrected chi connectivity index (χ4v) is 2.14. The van der Waals surface area contributed by atoms with E-state index in [1.807, 2.05) is 30.3 Å². The first-order valence-corrected chi connectivity index (χ1v) is 6.10. The molecule has 0 saturated carbocycles. The Hall–Kier alpha value is -1.94. The average molecular weight is 242 g/mol. The molecule has 1 aliphatic rings. The second kappa shape index (κ2) is 4.74. The fourth-order valence-electron chi connectivity index (χ4n) is 2.14. The predicted octanol–water partition coefficient (Wildman–Crippen LogP) is 2.23. The number of carbonyl (C=O) groups excluding carboxylic acids is 1. The van der Waals surface area contributed by atoms with Gasteiger partial charge in [0.25, 0.3) is 0 Å². The zero-order valence-electron chi connectivity index (χ0n) is 9.95. The van der Waals surface area contributed by atoms with E-state index < -0.39 is 0 Å². The van der Waals surface area contributed by atoms with Crippen LogP contribution < -0.4 is 0 Å². The molecule has 1 aliphatic heterocycles. The molecule has 0 aliphatic carbocycles. The summed E-state index contributed by atoms with van der Waals surface area (Å²) in [6.07, 6.45) is 4.87. The molecule has 1 unspecified atom stereocenters. The number of carbonyl (C=O) groups is 1. The van der Waals surface area contributed by atoms with Crippen molar-refractivity contribution in [1.29, 1.82) is 0 Å². The van der Waals surface area contributed by atoms with Crippen LogP contribution in [0.15, 0.2) is 42.7 Å². The Morgan fingerprint density at radius 1 is 1.33 bits per heavy atom. The SMILES string of the molecule is O=C(c1cnn(-c2ccccc2)c1)C1CCCO1. The number of hydrogen-bond acceptors (Lipinski definition) is 3. The van der Waals surface area contributed by atoms with Crippen LogP contribution in [0.2, 0.25) is 0 Å². The lowest BCUT2D eigenvalue weighted by atomic mass is 10.1. The predicted molar refractivity (Wildman–Crippen MR) is 66.9 cm³/mol. The maximum atomic E-state index is 12.1. The number of ketones is 1. The second-order valence-corrected chi connectivity index (χ2v) is 4.38. The van der Waals surface area contributed by atoms with E-state index in [0.717, 1.165) is 18.5 Å². The first kappa shape index (κ1) is 11.2. The molecule has 92 valence electrons. The van der Waals surface area contributed by atoms with E-state index in [-0.39, 0.29) is 11.9 Å². The second-order valence-electron chi connectivity index (χ2n) is 4.38. The molecule has 1 fully saturated rings. The van der Waals surface area contributed by atoms with Crippen molar-refractivity contribution in [2.45, 2.75) is 18.9 Å². The fraction of sp³-hybridized carbons (Fsp3) is 0.286. The number of benzene rings is 1. The zero-order chi connectivity index (χ0) is 12.4. The highest BCUT2D eigenvalue weighted by Crippen LogP contribution is 2.17. The van der Waals surface area contributed by atoms with Crippen molar-refractivity contribution in [3.05, 3.63) is 48.3 Å². The van der Waals surface area contributed by atoms with Crippen molar-refractivity contribution in [3.63, 3.8) is 0 Å². The number of hydrogen-bond donors (Lipinski definition) is 0. The third-order valence-corrected chi connectivity index (χ3v) is 3.11. The molecule has 4 nitrogen and oxygen atoms in total. The van der Waals surface area contributed by atoms with Crippen molar-refractivity contribution in [1.82, 2.24) is 9.78 Å². The monoisotopic (exact) mass is 242 g/mol. The number of rotatable bonds is 3. The molecule has 3 rings (SSSR count). The maximum Gasteiger partial charge on any atom is 0.194 e. The van der Waals surface area contributed by atoms with Gasteiger partial charge in [0.15, 0.2) is 5.78 Å². The minimum absolute atomic E-state index is 0.0367. The molecular formula is C14H14N2O2. The Morgan fingerprint density at radius 3 is 2.89 bits per heavy atom. The van der Waals surface area contributed by atoms with Gasteiger partial charge in [-0.2, -0.15) is 5.10 Å². The standard InChI is InChI=1S/C14H14N2O2/c17-14(13-7-4-8-18-13)11-9-15-16(10-11)12-5-2-1-3-6-12/h1-3,5-6,9-10,13H,4,7-8H2. The summed E-state index contributed by atoms with van der Waals surface area (Å²) in [6, 6.07) is 9.74. The van der Waals surface area contributed by atoms with Gasteiger partial charge in [-0.1, -0.05) is 18.2 Å². The lowest BCUT2D eigenvalue weighted by molar-refractivity contribution is 0.0643. The molecular weight excluding hydrogens is 228 g/mol. The van der Waals surface area contributed by atoms with E-state index in [2.05, 4.69) is 5.10 Å². The topological polar surface area (TPSA) is 44.1 Å². The van der Waals surface area contributed by atoms with Crippen LogP contribution in [0.5, 0.6) is 0 Å². The van der Waals surface area contributed by atoms with Gasteiger partial charge in [0, 0.05) is 12.8 Å². The summed E-state index contributed by atoms with van der Waals surface area (Å²) in [5.74, 6) is 0.0367. The van der Waals surface area contributed by atoms with Crippen LogP contribution in [0, 0.1) is 0 Å². The Morgan fingerprint density at radius 2 is 2.17 bits per heavy atom. The van der Waals surface area contributed by atoms with Crippen molar-refractivity contribution < 1.29 is 9.53 Å². The molecule has 2 heterocycles. The zero-order valence-corrected chi connectivity index (χ0v) is 9.95. The first-order chi connectivity index (χ1) is 8.84. The van der Waals surface area contributed by atoms with Crippen molar-refractivity contribution in [3.8, 4) is 5.69 Å². The molecule has 0 N–H and O–H groups in total. The lowest BCUT2D eigenvalue weighted by Crippen LogP contribution is -2.18. The number of Topliss-reactive ketones (excluding diaryl/α,β-unsaturated/α-hetero) is 1. The van der Waals surface area contributed by atoms with Crippen molar-refractivity contribution >= 4 is 5.78 Å². The van der Waals surface area contributed by atoms with E-state index in [9.17, 15) is 4.79 Å². The number of para-hydroxylation sites is 1. The smallest absolute Gasteiger partial charge is 0.194 e. The molecule has 2 aromatic rings. The summed E-state index contributed by atoms with van der Waals surface area (Å²) < 4.78 is 7.11. The summed E-state index contributed by atoms with van der Waals surface area (Å²) >= 11 is 0. The molecule has 1 atom stereocenters. The van der Waals surface area contributed by atoms with E-state index in [4.69, 9.17) is 4.74 Å². The van der Waals surface area contributed by atoms with Gasteiger partial charge < -0.3 is 4.74 Å².